The normalized spacial score (nSPS) is 14.7. The zero-order chi connectivity index (χ0) is 22.1. The molecule has 0 atom stereocenters. The monoisotopic (exact) mass is 434 g/mol. The van der Waals surface area contributed by atoms with Crippen LogP contribution in [0, 0.1) is 11.3 Å². The zero-order valence-electron chi connectivity index (χ0n) is 17.8. The highest BCUT2D eigenvalue weighted by molar-refractivity contribution is 7.21. The van der Waals surface area contributed by atoms with E-state index in [9.17, 15) is 10.1 Å². The number of anilines is 2. The van der Waals surface area contributed by atoms with E-state index in [0.29, 0.717) is 39.4 Å². The molecule has 0 spiro atoms. The van der Waals surface area contributed by atoms with Crippen LogP contribution in [0.4, 0.5) is 11.5 Å². The number of benzene rings is 1. The van der Waals surface area contributed by atoms with Gasteiger partial charge in [0.25, 0.3) is 5.91 Å². The van der Waals surface area contributed by atoms with E-state index in [2.05, 4.69) is 29.8 Å². The molecule has 31 heavy (non-hydrogen) atoms. The SMILES string of the molecule is CCc1ccc(-c2c(C#N)c(N)nc3sc(C(=O)N4CCN(CC)CC4)c(N)c23)cc1. The summed E-state index contributed by atoms with van der Waals surface area (Å²) in [4.78, 5) is 22.9. The van der Waals surface area contributed by atoms with Gasteiger partial charge in [-0.1, -0.05) is 38.1 Å². The maximum absolute atomic E-state index is 13.3. The minimum atomic E-state index is -0.0828. The van der Waals surface area contributed by atoms with Crippen LogP contribution in [-0.2, 0) is 6.42 Å². The predicted octanol–water partition coefficient (Wildman–Crippen LogP) is 3.34. The molecule has 3 aromatic rings. The van der Waals surface area contributed by atoms with Gasteiger partial charge in [-0.15, -0.1) is 11.3 Å². The van der Waals surface area contributed by atoms with Crippen molar-refractivity contribution in [1.29, 1.82) is 5.26 Å². The summed E-state index contributed by atoms with van der Waals surface area (Å²) in [6, 6.07) is 10.2. The molecule has 1 aliphatic heterocycles. The number of rotatable bonds is 4. The number of aromatic nitrogens is 1. The van der Waals surface area contributed by atoms with Gasteiger partial charge >= 0.3 is 0 Å². The number of likely N-dealkylation sites (N-methyl/N-ethyl adjacent to an activating group) is 1. The van der Waals surface area contributed by atoms with Crippen molar-refractivity contribution in [2.75, 3.05) is 44.2 Å². The summed E-state index contributed by atoms with van der Waals surface area (Å²) in [6.07, 6.45) is 0.920. The highest BCUT2D eigenvalue weighted by atomic mass is 32.1. The molecule has 4 N–H and O–H groups in total. The number of carbonyl (C=O) groups is 1. The maximum Gasteiger partial charge on any atom is 0.266 e. The van der Waals surface area contributed by atoms with Gasteiger partial charge in [0.1, 0.15) is 27.2 Å². The van der Waals surface area contributed by atoms with Crippen molar-refractivity contribution >= 4 is 39.0 Å². The first-order valence-electron chi connectivity index (χ1n) is 10.5. The number of nitriles is 1. The van der Waals surface area contributed by atoms with Crippen LogP contribution in [0.25, 0.3) is 21.3 Å². The van der Waals surface area contributed by atoms with Crippen molar-refractivity contribution in [3.63, 3.8) is 0 Å². The molecule has 2 aromatic heterocycles. The summed E-state index contributed by atoms with van der Waals surface area (Å²) in [7, 11) is 0. The number of aryl methyl sites for hydroxylation is 1. The fourth-order valence-electron chi connectivity index (χ4n) is 4.05. The van der Waals surface area contributed by atoms with Crippen LogP contribution >= 0.6 is 11.3 Å². The Hall–Kier alpha value is -3.15. The Morgan fingerprint density at radius 3 is 2.42 bits per heavy atom. The number of pyridine rings is 1. The molecular formula is C23H26N6OS. The third-order valence-electron chi connectivity index (χ3n) is 5.97. The molecule has 4 rings (SSSR count). The van der Waals surface area contributed by atoms with Gasteiger partial charge in [-0.05, 0) is 24.1 Å². The van der Waals surface area contributed by atoms with E-state index in [1.807, 2.05) is 29.2 Å². The molecule has 0 bridgehead atoms. The van der Waals surface area contributed by atoms with Crippen LogP contribution in [-0.4, -0.2) is 53.4 Å². The quantitative estimate of drug-likeness (QED) is 0.651. The molecule has 0 aliphatic carbocycles. The molecule has 1 aromatic carbocycles. The molecule has 1 saturated heterocycles. The standard InChI is InChI=1S/C23H26N6OS/c1-3-14-5-7-15(8-6-14)17-16(13-24)21(26)27-22-18(17)19(25)20(31-22)23(30)29-11-9-28(4-2)10-12-29/h5-8H,3-4,9-12,25H2,1-2H3,(H2,26,27). The first kappa shape index (κ1) is 21.1. The van der Waals surface area contributed by atoms with Gasteiger partial charge in [-0.2, -0.15) is 5.26 Å². The lowest BCUT2D eigenvalue weighted by molar-refractivity contribution is 0.0649. The molecule has 1 aliphatic rings. The largest absolute Gasteiger partial charge is 0.397 e. The third kappa shape index (κ3) is 3.71. The van der Waals surface area contributed by atoms with Gasteiger partial charge in [0.15, 0.2) is 0 Å². The lowest BCUT2D eigenvalue weighted by atomic mass is 9.96. The van der Waals surface area contributed by atoms with E-state index in [0.717, 1.165) is 31.6 Å². The second-order valence-corrected chi connectivity index (χ2v) is 8.66. The van der Waals surface area contributed by atoms with E-state index >= 15 is 0 Å². The highest BCUT2D eigenvalue weighted by Crippen LogP contribution is 2.43. The molecule has 3 heterocycles. The first-order chi connectivity index (χ1) is 15.0. The summed E-state index contributed by atoms with van der Waals surface area (Å²) in [5, 5.41) is 10.4. The molecule has 160 valence electrons. The minimum absolute atomic E-state index is 0.0828. The van der Waals surface area contributed by atoms with Crippen molar-refractivity contribution < 1.29 is 4.79 Å². The van der Waals surface area contributed by atoms with E-state index in [1.165, 1.54) is 16.9 Å². The Balaban J connectivity index is 1.83. The maximum atomic E-state index is 13.3. The molecule has 1 amide bonds. The second-order valence-electron chi connectivity index (χ2n) is 7.66. The Bertz CT molecular complexity index is 1170. The number of thiophene rings is 1. The fraction of sp³-hybridized carbons (Fsp3) is 0.348. The summed E-state index contributed by atoms with van der Waals surface area (Å²) in [5.41, 5.74) is 16.0. The van der Waals surface area contributed by atoms with E-state index in [-0.39, 0.29) is 17.3 Å². The van der Waals surface area contributed by atoms with Gasteiger partial charge in [0.2, 0.25) is 0 Å². The Kier molecular flexibility index (Phi) is 5.81. The van der Waals surface area contributed by atoms with Crippen LogP contribution in [0.2, 0.25) is 0 Å². The van der Waals surface area contributed by atoms with Crippen molar-refractivity contribution in [1.82, 2.24) is 14.8 Å². The summed E-state index contributed by atoms with van der Waals surface area (Å²) >= 11 is 1.25. The number of hydrogen-bond donors (Lipinski definition) is 2. The van der Waals surface area contributed by atoms with Crippen molar-refractivity contribution in [3.8, 4) is 17.2 Å². The number of piperazine rings is 1. The van der Waals surface area contributed by atoms with Gasteiger partial charge < -0.3 is 21.3 Å². The average Bonchev–Trinajstić information content (AvgIpc) is 3.13. The van der Waals surface area contributed by atoms with Crippen molar-refractivity contribution in [2.24, 2.45) is 0 Å². The molecule has 0 saturated carbocycles. The molecule has 0 radical (unpaired) electrons. The minimum Gasteiger partial charge on any atom is -0.397 e. The molecule has 0 unspecified atom stereocenters. The van der Waals surface area contributed by atoms with E-state index < -0.39 is 0 Å². The van der Waals surface area contributed by atoms with Gasteiger partial charge in [-0.25, -0.2) is 4.98 Å². The molecule has 8 heteroatoms. The molecular weight excluding hydrogens is 408 g/mol. The number of carbonyl (C=O) groups excluding carboxylic acids is 1. The van der Waals surface area contributed by atoms with Crippen LogP contribution in [0.1, 0.15) is 34.6 Å². The molecule has 7 nitrogen and oxygen atoms in total. The second kappa shape index (κ2) is 8.53. The first-order valence-corrected chi connectivity index (χ1v) is 11.3. The summed E-state index contributed by atoms with van der Waals surface area (Å²) in [5.74, 6) is 0.0713. The van der Waals surface area contributed by atoms with Crippen LogP contribution in [0.3, 0.4) is 0 Å². The van der Waals surface area contributed by atoms with Crippen LogP contribution in [0.5, 0.6) is 0 Å². The van der Waals surface area contributed by atoms with Crippen molar-refractivity contribution in [3.05, 3.63) is 40.3 Å². The Labute approximate surface area is 185 Å². The highest BCUT2D eigenvalue weighted by Gasteiger charge is 2.28. The van der Waals surface area contributed by atoms with Crippen molar-refractivity contribution in [2.45, 2.75) is 20.3 Å². The van der Waals surface area contributed by atoms with Crippen LogP contribution < -0.4 is 11.5 Å². The lowest BCUT2D eigenvalue weighted by Gasteiger charge is -2.33. The topological polar surface area (TPSA) is 112 Å². The zero-order valence-corrected chi connectivity index (χ0v) is 18.6. The number of amides is 1. The number of hydrogen-bond acceptors (Lipinski definition) is 7. The Morgan fingerprint density at radius 1 is 1.16 bits per heavy atom. The number of fused-ring (bicyclic) bond motifs is 1. The lowest BCUT2D eigenvalue weighted by Crippen LogP contribution is -2.48. The smallest absolute Gasteiger partial charge is 0.266 e. The van der Waals surface area contributed by atoms with Gasteiger partial charge in [0.05, 0.1) is 5.69 Å². The van der Waals surface area contributed by atoms with E-state index in [1.54, 1.807) is 0 Å². The predicted molar refractivity (Wildman–Crippen MR) is 126 cm³/mol. The van der Waals surface area contributed by atoms with Crippen LogP contribution in [0.15, 0.2) is 24.3 Å². The molecule has 1 fully saturated rings. The average molecular weight is 435 g/mol. The third-order valence-corrected chi connectivity index (χ3v) is 7.06. The number of nitrogen functional groups attached to an aromatic ring is 2. The number of nitrogens with zero attached hydrogens (tertiary/aromatic N) is 4. The summed E-state index contributed by atoms with van der Waals surface area (Å²) < 4.78 is 0. The van der Waals surface area contributed by atoms with E-state index in [4.69, 9.17) is 11.5 Å². The van der Waals surface area contributed by atoms with Gasteiger partial charge in [-0.3, -0.25) is 4.79 Å². The summed E-state index contributed by atoms with van der Waals surface area (Å²) in [6.45, 7) is 8.24. The Morgan fingerprint density at radius 2 is 1.84 bits per heavy atom. The van der Waals surface area contributed by atoms with Gasteiger partial charge in [0, 0.05) is 37.1 Å². The number of nitrogens with two attached hydrogens (primary N) is 2. The fourth-order valence-corrected chi connectivity index (χ4v) is 5.13.